The number of aliphatic hydroxyl groups is 1. The van der Waals surface area contributed by atoms with Crippen molar-refractivity contribution >= 4 is 19.0 Å². The average Bonchev–Trinajstić information content (AvgIpc) is 3.18. The SMILES string of the molecule is Cc1cn([C@H]2CC(O[P+](=O)OCCc3cccc4ccccc34)[C@@H](CO)O2)c(=O)[nH]c1=O. The van der Waals surface area contributed by atoms with Gasteiger partial charge in [-0.3, -0.25) is 14.3 Å². The maximum Gasteiger partial charge on any atom is 0.697 e. The molecule has 10 heteroatoms. The highest BCUT2D eigenvalue weighted by Crippen LogP contribution is 2.37. The number of nitrogens with one attached hydrogen (secondary N) is 1. The molecule has 32 heavy (non-hydrogen) atoms. The summed E-state index contributed by atoms with van der Waals surface area (Å²) in [6.07, 6.45) is -0.150. The Bertz CT molecular complexity index is 1230. The van der Waals surface area contributed by atoms with Crippen LogP contribution in [0.25, 0.3) is 10.8 Å². The molecule has 0 aliphatic carbocycles. The van der Waals surface area contributed by atoms with E-state index in [1.807, 2.05) is 42.5 Å². The number of H-pyrrole nitrogens is 1. The molecule has 0 bridgehead atoms. The van der Waals surface area contributed by atoms with Crippen molar-refractivity contribution in [2.24, 2.45) is 0 Å². The summed E-state index contributed by atoms with van der Waals surface area (Å²) in [4.78, 5) is 25.9. The first kappa shape index (κ1) is 22.5. The maximum absolute atomic E-state index is 12.4. The highest BCUT2D eigenvalue weighted by atomic mass is 31.1. The summed E-state index contributed by atoms with van der Waals surface area (Å²) >= 11 is 0. The van der Waals surface area contributed by atoms with E-state index in [1.165, 1.54) is 10.8 Å². The molecule has 168 valence electrons. The van der Waals surface area contributed by atoms with Crippen LogP contribution in [0.5, 0.6) is 0 Å². The third kappa shape index (κ3) is 4.87. The summed E-state index contributed by atoms with van der Waals surface area (Å²) in [7, 11) is -2.46. The number of aliphatic hydroxyl groups excluding tert-OH is 1. The Hall–Kier alpha value is -2.68. The van der Waals surface area contributed by atoms with Gasteiger partial charge in [0, 0.05) is 29.2 Å². The first-order valence-corrected chi connectivity index (χ1v) is 11.4. The summed E-state index contributed by atoms with van der Waals surface area (Å²) in [5.74, 6) is 0. The first-order valence-electron chi connectivity index (χ1n) is 10.3. The van der Waals surface area contributed by atoms with Gasteiger partial charge in [-0.1, -0.05) is 42.5 Å². The molecule has 1 aliphatic rings. The normalized spacial score (nSPS) is 21.2. The topological polar surface area (TPSA) is 120 Å². The minimum absolute atomic E-state index is 0.171. The Labute approximate surface area is 184 Å². The van der Waals surface area contributed by atoms with Crippen LogP contribution in [0.2, 0.25) is 0 Å². The minimum atomic E-state index is -2.46. The number of aromatic amines is 1. The van der Waals surface area contributed by atoms with Crippen LogP contribution in [0.4, 0.5) is 0 Å². The van der Waals surface area contributed by atoms with Gasteiger partial charge in [-0.05, 0) is 23.3 Å². The molecule has 0 saturated carbocycles. The van der Waals surface area contributed by atoms with E-state index in [2.05, 4.69) is 4.98 Å². The molecule has 2 heterocycles. The molecule has 1 saturated heterocycles. The van der Waals surface area contributed by atoms with Gasteiger partial charge in [0.15, 0.2) is 0 Å². The fraction of sp³-hybridized carbons (Fsp3) is 0.364. The molecular formula is C22H24N2O7P+. The van der Waals surface area contributed by atoms with E-state index in [1.54, 1.807) is 6.92 Å². The molecule has 0 amide bonds. The Balaban J connectivity index is 1.36. The zero-order valence-corrected chi connectivity index (χ0v) is 18.4. The van der Waals surface area contributed by atoms with Gasteiger partial charge < -0.3 is 9.84 Å². The summed E-state index contributed by atoms with van der Waals surface area (Å²) in [6.45, 7) is 1.39. The fourth-order valence-corrected chi connectivity index (χ4v) is 4.57. The number of aryl methyl sites for hydroxylation is 1. The molecule has 0 spiro atoms. The highest BCUT2D eigenvalue weighted by Gasteiger charge is 2.43. The molecule has 3 aromatic rings. The maximum atomic E-state index is 12.4. The predicted octanol–water partition coefficient (Wildman–Crippen LogP) is 2.58. The van der Waals surface area contributed by atoms with Gasteiger partial charge in [0.05, 0.1) is 6.61 Å². The number of fused-ring (bicyclic) bond motifs is 1. The van der Waals surface area contributed by atoms with Crippen LogP contribution >= 0.6 is 8.25 Å². The molecular weight excluding hydrogens is 435 g/mol. The monoisotopic (exact) mass is 459 g/mol. The lowest BCUT2D eigenvalue weighted by Gasteiger charge is -2.14. The zero-order chi connectivity index (χ0) is 22.7. The Morgan fingerprint density at radius 2 is 2.00 bits per heavy atom. The molecule has 1 fully saturated rings. The van der Waals surface area contributed by atoms with Crippen LogP contribution in [-0.2, 0) is 24.8 Å². The lowest BCUT2D eigenvalue weighted by atomic mass is 10.0. The van der Waals surface area contributed by atoms with E-state index in [0.717, 1.165) is 16.3 Å². The van der Waals surface area contributed by atoms with E-state index in [4.69, 9.17) is 13.8 Å². The molecule has 9 nitrogen and oxygen atoms in total. The summed E-state index contributed by atoms with van der Waals surface area (Å²) in [6, 6.07) is 14.0. The third-order valence-corrected chi connectivity index (χ3v) is 6.32. The van der Waals surface area contributed by atoms with Crippen molar-refractivity contribution in [3.63, 3.8) is 0 Å². The highest BCUT2D eigenvalue weighted by molar-refractivity contribution is 7.33. The number of ether oxygens (including phenoxy) is 1. The minimum Gasteiger partial charge on any atom is -0.394 e. The van der Waals surface area contributed by atoms with Crippen LogP contribution in [0, 0.1) is 6.92 Å². The second-order valence-electron chi connectivity index (χ2n) is 7.62. The van der Waals surface area contributed by atoms with Gasteiger partial charge in [-0.2, -0.15) is 0 Å². The largest absolute Gasteiger partial charge is 0.697 e. The zero-order valence-electron chi connectivity index (χ0n) is 17.5. The number of benzene rings is 2. The van der Waals surface area contributed by atoms with Crippen molar-refractivity contribution in [1.82, 2.24) is 9.55 Å². The summed E-state index contributed by atoms with van der Waals surface area (Å²) < 4.78 is 30.2. The van der Waals surface area contributed by atoms with Gasteiger partial charge in [-0.25, -0.2) is 4.79 Å². The second-order valence-corrected chi connectivity index (χ2v) is 8.53. The summed E-state index contributed by atoms with van der Waals surface area (Å²) in [5.41, 5.74) is 0.329. The first-order chi connectivity index (χ1) is 15.5. The van der Waals surface area contributed by atoms with Crippen LogP contribution in [0.15, 0.2) is 58.3 Å². The smallest absolute Gasteiger partial charge is 0.394 e. The number of aromatic nitrogens is 2. The predicted molar refractivity (Wildman–Crippen MR) is 118 cm³/mol. The van der Waals surface area contributed by atoms with Crippen LogP contribution in [0.1, 0.15) is 23.8 Å². The van der Waals surface area contributed by atoms with Crippen molar-refractivity contribution in [3.05, 3.63) is 80.6 Å². The number of nitrogens with zero attached hydrogens (tertiary/aromatic N) is 1. The summed E-state index contributed by atoms with van der Waals surface area (Å²) in [5, 5.41) is 11.9. The van der Waals surface area contributed by atoms with E-state index in [-0.39, 0.29) is 19.6 Å². The second kappa shape index (κ2) is 9.85. The van der Waals surface area contributed by atoms with Gasteiger partial charge >= 0.3 is 13.9 Å². The number of hydrogen-bond donors (Lipinski definition) is 2. The van der Waals surface area contributed by atoms with Crippen molar-refractivity contribution in [2.45, 2.75) is 38.2 Å². The van der Waals surface area contributed by atoms with Gasteiger partial charge in [-0.15, -0.1) is 9.05 Å². The fourth-order valence-electron chi connectivity index (χ4n) is 3.83. The van der Waals surface area contributed by atoms with Gasteiger partial charge in [0.2, 0.25) is 0 Å². The van der Waals surface area contributed by atoms with Crippen molar-refractivity contribution < 1.29 is 23.5 Å². The Kier molecular flexibility index (Phi) is 6.93. The molecule has 1 aliphatic heterocycles. The quantitative estimate of drug-likeness (QED) is 0.497. The van der Waals surface area contributed by atoms with E-state index in [0.29, 0.717) is 12.0 Å². The third-order valence-electron chi connectivity index (χ3n) is 5.49. The number of rotatable bonds is 8. The Morgan fingerprint density at radius 3 is 2.81 bits per heavy atom. The molecule has 1 aromatic heterocycles. The Morgan fingerprint density at radius 1 is 1.22 bits per heavy atom. The van der Waals surface area contributed by atoms with Gasteiger partial charge in [0.1, 0.15) is 25.0 Å². The van der Waals surface area contributed by atoms with Crippen LogP contribution in [-0.4, -0.2) is 40.1 Å². The molecule has 0 radical (unpaired) electrons. The lowest BCUT2D eigenvalue weighted by Crippen LogP contribution is -2.33. The molecule has 2 unspecified atom stereocenters. The van der Waals surface area contributed by atoms with E-state index in [9.17, 15) is 19.3 Å². The molecule has 2 N–H and O–H groups in total. The van der Waals surface area contributed by atoms with Crippen molar-refractivity contribution in [2.75, 3.05) is 13.2 Å². The van der Waals surface area contributed by atoms with E-state index >= 15 is 0 Å². The van der Waals surface area contributed by atoms with Gasteiger partial charge in [0.25, 0.3) is 5.56 Å². The average molecular weight is 459 g/mol. The lowest BCUT2D eigenvalue weighted by molar-refractivity contribution is -0.0429. The van der Waals surface area contributed by atoms with Crippen molar-refractivity contribution in [3.8, 4) is 0 Å². The van der Waals surface area contributed by atoms with E-state index < -0.39 is 37.9 Å². The number of hydrogen-bond acceptors (Lipinski definition) is 7. The van der Waals surface area contributed by atoms with Crippen LogP contribution < -0.4 is 11.2 Å². The standard InChI is InChI=1S/C22H23N2O7P/c1-14-12-24(22(27)23-21(14)26)20-11-18(19(13-25)30-20)31-32(28)29-10-9-16-7-4-6-15-5-2-3-8-17(15)16/h2-8,12,18-20,25H,9-11,13H2,1H3/p+1/t18?,19-,20-/m1/s1. The van der Waals surface area contributed by atoms with Crippen LogP contribution in [0.3, 0.4) is 0 Å². The molecule has 4 rings (SSSR count). The molecule has 4 atom stereocenters. The van der Waals surface area contributed by atoms with Crippen molar-refractivity contribution in [1.29, 1.82) is 0 Å². The molecule has 2 aromatic carbocycles.